The Morgan fingerprint density at radius 2 is 1.92 bits per heavy atom. The molecule has 0 unspecified atom stereocenters. The summed E-state index contributed by atoms with van der Waals surface area (Å²) in [6, 6.07) is 0.262. The summed E-state index contributed by atoms with van der Waals surface area (Å²) >= 11 is 0. The maximum absolute atomic E-state index is 5.03. The first kappa shape index (κ1) is 24.3. The van der Waals surface area contributed by atoms with E-state index in [0.29, 0.717) is 5.92 Å². The van der Waals surface area contributed by atoms with Crippen molar-refractivity contribution in [1.82, 2.24) is 44.2 Å². The topological polar surface area (TPSA) is 102 Å². The fraction of sp³-hybridized carbons (Fsp3) is 0.538. The number of imidazole rings is 1. The van der Waals surface area contributed by atoms with Crippen molar-refractivity contribution in [1.29, 1.82) is 0 Å². The third-order valence-electron chi connectivity index (χ3n) is 6.91. The Bertz CT molecular complexity index is 1350. The summed E-state index contributed by atoms with van der Waals surface area (Å²) in [5.41, 5.74) is 6.49. The van der Waals surface area contributed by atoms with Gasteiger partial charge in [0.05, 0.1) is 17.8 Å². The van der Waals surface area contributed by atoms with E-state index in [1.807, 2.05) is 19.3 Å². The van der Waals surface area contributed by atoms with Crippen molar-refractivity contribution in [2.24, 2.45) is 0 Å². The Kier molecular flexibility index (Phi) is 6.70. The van der Waals surface area contributed by atoms with Gasteiger partial charge in [-0.15, -0.1) is 0 Å². The van der Waals surface area contributed by atoms with E-state index >= 15 is 0 Å². The largest absolute Gasteiger partial charge is 0.365 e. The summed E-state index contributed by atoms with van der Waals surface area (Å²) in [5.74, 6) is 2.72. The molecule has 4 heterocycles. The van der Waals surface area contributed by atoms with Crippen molar-refractivity contribution in [2.75, 3.05) is 26.0 Å². The van der Waals surface area contributed by atoms with Gasteiger partial charge in [-0.05, 0) is 58.7 Å². The standard InChI is InChI=1S/C26H36N10/c1-7-35-25(18-13-27-17(4)28-14-18)32-23-24(29-15-30-26(23)35)31-19-8-9-21-20(12-19)22(16(2)3)33-36(21)11-10-34(5)6/h13-16,19H,7-12H2,1-6H3,(H,29,30,31)/t19-/m1/s1. The second kappa shape index (κ2) is 9.93. The van der Waals surface area contributed by atoms with E-state index in [4.69, 9.17) is 10.1 Å². The zero-order chi connectivity index (χ0) is 25.4. The molecule has 1 aliphatic carbocycles. The minimum Gasteiger partial charge on any atom is -0.365 e. The molecule has 0 fully saturated rings. The number of hydrogen-bond donors (Lipinski definition) is 1. The molecule has 0 saturated heterocycles. The number of nitrogens with one attached hydrogen (secondary N) is 1. The zero-order valence-electron chi connectivity index (χ0n) is 22.2. The molecule has 1 atom stereocenters. The molecule has 4 aromatic heterocycles. The van der Waals surface area contributed by atoms with E-state index in [1.54, 1.807) is 6.33 Å². The van der Waals surface area contributed by atoms with Crippen LogP contribution in [0.2, 0.25) is 0 Å². The third-order valence-corrected chi connectivity index (χ3v) is 6.91. The van der Waals surface area contributed by atoms with E-state index in [-0.39, 0.29) is 6.04 Å². The number of aromatic nitrogens is 8. The molecule has 0 aromatic carbocycles. The van der Waals surface area contributed by atoms with Crippen LogP contribution in [0.3, 0.4) is 0 Å². The van der Waals surface area contributed by atoms with Gasteiger partial charge in [0, 0.05) is 37.2 Å². The van der Waals surface area contributed by atoms with Crippen molar-refractivity contribution >= 4 is 17.0 Å². The highest BCUT2D eigenvalue weighted by Crippen LogP contribution is 2.32. The first-order valence-corrected chi connectivity index (χ1v) is 12.9. The lowest BCUT2D eigenvalue weighted by Gasteiger charge is -2.25. The molecular formula is C26H36N10. The summed E-state index contributed by atoms with van der Waals surface area (Å²) in [6.07, 6.45) is 8.23. The van der Waals surface area contributed by atoms with Crippen molar-refractivity contribution in [3.8, 4) is 11.4 Å². The van der Waals surface area contributed by atoms with Crippen LogP contribution in [-0.4, -0.2) is 70.8 Å². The second-order valence-electron chi connectivity index (χ2n) is 10.2. The Balaban J connectivity index is 1.45. The second-order valence-corrected chi connectivity index (χ2v) is 10.2. The maximum atomic E-state index is 5.03. The van der Waals surface area contributed by atoms with Crippen LogP contribution in [0.25, 0.3) is 22.6 Å². The molecule has 0 saturated carbocycles. The predicted octanol–water partition coefficient (Wildman–Crippen LogP) is 3.46. The lowest BCUT2D eigenvalue weighted by Crippen LogP contribution is -2.29. The van der Waals surface area contributed by atoms with Crippen molar-refractivity contribution in [2.45, 2.75) is 72.0 Å². The first-order valence-electron chi connectivity index (χ1n) is 12.9. The monoisotopic (exact) mass is 488 g/mol. The molecule has 5 rings (SSSR count). The molecule has 0 radical (unpaired) electrons. The highest BCUT2D eigenvalue weighted by molar-refractivity contribution is 5.86. The van der Waals surface area contributed by atoms with Crippen molar-refractivity contribution in [3.63, 3.8) is 0 Å². The van der Waals surface area contributed by atoms with Crippen LogP contribution in [0.4, 0.5) is 5.82 Å². The van der Waals surface area contributed by atoms with Gasteiger partial charge in [0.2, 0.25) is 0 Å². The number of fused-ring (bicyclic) bond motifs is 2. The van der Waals surface area contributed by atoms with Crippen LogP contribution in [0.1, 0.15) is 55.9 Å². The molecule has 1 aliphatic rings. The fourth-order valence-electron chi connectivity index (χ4n) is 5.05. The van der Waals surface area contributed by atoms with Gasteiger partial charge in [0.1, 0.15) is 18.0 Å². The molecule has 0 bridgehead atoms. The van der Waals surface area contributed by atoms with Gasteiger partial charge in [0.15, 0.2) is 17.0 Å². The predicted molar refractivity (Wildman–Crippen MR) is 141 cm³/mol. The van der Waals surface area contributed by atoms with E-state index < -0.39 is 0 Å². The fourth-order valence-corrected chi connectivity index (χ4v) is 5.05. The number of aryl methyl sites for hydroxylation is 2. The van der Waals surface area contributed by atoms with Crippen LogP contribution >= 0.6 is 0 Å². The van der Waals surface area contributed by atoms with Crippen LogP contribution in [-0.2, 0) is 25.9 Å². The summed E-state index contributed by atoms with van der Waals surface area (Å²) < 4.78 is 4.34. The van der Waals surface area contributed by atoms with Gasteiger partial charge in [-0.3, -0.25) is 4.68 Å². The van der Waals surface area contributed by atoms with Crippen molar-refractivity contribution < 1.29 is 0 Å². The lowest BCUT2D eigenvalue weighted by atomic mass is 9.89. The van der Waals surface area contributed by atoms with Crippen LogP contribution in [0.15, 0.2) is 18.7 Å². The van der Waals surface area contributed by atoms with Gasteiger partial charge >= 0.3 is 0 Å². The normalized spacial score (nSPS) is 15.7. The number of hydrogen-bond acceptors (Lipinski definition) is 8. The molecule has 0 spiro atoms. The van der Waals surface area contributed by atoms with E-state index in [2.05, 4.69) is 74.3 Å². The van der Waals surface area contributed by atoms with Crippen molar-refractivity contribution in [3.05, 3.63) is 41.5 Å². The average Bonchev–Trinajstić information content (AvgIpc) is 3.42. The summed E-state index contributed by atoms with van der Waals surface area (Å²) in [6.45, 7) is 11.1. The summed E-state index contributed by atoms with van der Waals surface area (Å²) in [4.78, 5) is 25.1. The molecule has 1 N–H and O–H groups in total. The molecule has 0 amide bonds. The molecule has 36 heavy (non-hydrogen) atoms. The highest BCUT2D eigenvalue weighted by atomic mass is 15.3. The van der Waals surface area contributed by atoms with Gasteiger partial charge in [0.25, 0.3) is 0 Å². The Labute approximate surface area is 212 Å². The molecule has 10 nitrogen and oxygen atoms in total. The Hall–Kier alpha value is -3.40. The molecule has 190 valence electrons. The van der Waals surface area contributed by atoms with Crippen LogP contribution in [0.5, 0.6) is 0 Å². The minimum absolute atomic E-state index is 0.262. The summed E-state index contributed by atoms with van der Waals surface area (Å²) in [5, 5.41) is 8.74. The van der Waals surface area contributed by atoms with Gasteiger partial charge in [-0.2, -0.15) is 5.10 Å². The average molecular weight is 489 g/mol. The third kappa shape index (κ3) is 4.57. The van der Waals surface area contributed by atoms with Crippen LogP contribution in [0, 0.1) is 6.92 Å². The summed E-state index contributed by atoms with van der Waals surface area (Å²) in [7, 11) is 4.22. The van der Waals surface area contributed by atoms with Gasteiger partial charge in [-0.1, -0.05) is 13.8 Å². The number of rotatable bonds is 8. The first-order chi connectivity index (χ1) is 17.4. The molecule has 0 aliphatic heterocycles. The maximum Gasteiger partial charge on any atom is 0.165 e. The molecule has 4 aromatic rings. The molecule has 10 heteroatoms. The Morgan fingerprint density at radius 1 is 1.14 bits per heavy atom. The Morgan fingerprint density at radius 3 is 2.61 bits per heavy atom. The molecular weight excluding hydrogens is 452 g/mol. The smallest absolute Gasteiger partial charge is 0.165 e. The number of nitrogens with zero attached hydrogens (tertiary/aromatic N) is 9. The van der Waals surface area contributed by atoms with E-state index in [9.17, 15) is 0 Å². The van der Waals surface area contributed by atoms with E-state index in [1.165, 1.54) is 17.0 Å². The number of anilines is 1. The van der Waals surface area contributed by atoms with Crippen LogP contribution < -0.4 is 5.32 Å². The van der Waals surface area contributed by atoms with E-state index in [0.717, 1.165) is 73.1 Å². The quantitative estimate of drug-likeness (QED) is 0.402. The number of likely N-dealkylation sites (N-methyl/N-ethyl adjacent to an activating group) is 1. The zero-order valence-corrected chi connectivity index (χ0v) is 22.2. The lowest BCUT2D eigenvalue weighted by molar-refractivity contribution is 0.366. The minimum atomic E-state index is 0.262. The van der Waals surface area contributed by atoms with Gasteiger partial charge < -0.3 is 14.8 Å². The van der Waals surface area contributed by atoms with Gasteiger partial charge in [-0.25, -0.2) is 24.9 Å². The SMILES string of the molecule is CCn1c(-c2cnc(C)nc2)nc2c(N[C@@H]3CCc4c(c(C(C)C)nn4CCN(C)C)C3)ncnc21. The highest BCUT2D eigenvalue weighted by Gasteiger charge is 2.28.